The van der Waals surface area contributed by atoms with E-state index in [4.69, 9.17) is 14.0 Å². The predicted molar refractivity (Wildman–Crippen MR) is 130 cm³/mol. The highest BCUT2D eigenvalue weighted by Crippen LogP contribution is 2.42. The highest BCUT2D eigenvalue weighted by molar-refractivity contribution is 6.01. The fourth-order valence-electron chi connectivity index (χ4n) is 4.44. The molecular formula is C27H21FN4O4. The molecule has 180 valence electrons. The van der Waals surface area contributed by atoms with Crippen molar-refractivity contribution in [1.29, 1.82) is 0 Å². The third-order valence-corrected chi connectivity index (χ3v) is 6.25. The molecule has 4 aromatic rings. The number of rotatable bonds is 4. The lowest BCUT2D eigenvalue weighted by atomic mass is 9.94. The number of anilines is 1. The molecular weight excluding hydrogens is 463 g/mol. The minimum Gasteiger partial charge on any atom is -0.454 e. The molecule has 0 spiro atoms. The van der Waals surface area contributed by atoms with Gasteiger partial charge in [0.2, 0.25) is 12.6 Å². The van der Waals surface area contributed by atoms with Crippen molar-refractivity contribution in [1.82, 2.24) is 15.5 Å². The van der Waals surface area contributed by atoms with Gasteiger partial charge in [0.1, 0.15) is 5.82 Å². The Morgan fingerprint density at radius 2 is 1.81 bits per heavy atom. The molecule has 0 saturated carbocycles. The maximum Gasteiger partial charge on any atom is 0.327 e. The van der Waals surface area contributed by atoms with Crippen LogP contribution in [0.25, 0.3) is 17.0 Å². The van der Waals surface area contributed by atoms with Gasteiger partial charge >= 0.3 is 6.03 Å². The number of fused-ring (bicyclic) bond motifs is 1. The molecule has 0 fully saturated rings. The number of benzene rings is 3. The van der Waals surface area contributed by atoms with Crippen molar-refractivity contribution in [2.24, 2.45) is 0 Å². The molecule has 0 radical (unpaired) electrons. The van der Waals surface area contributed by atoms with E-state index < -0.39 is 11.9 Å². The van der Waals surface area contributed by atoms with Gasteiger partial charge in [0, 0.05) is 17.3 Å². The standard InChI is InChI=1S/C27H21FN4O4/c1-15-6-8-17(9-7-15)24-23(26-30-25(31-36-26)18-4-3-5-19(28)12-18)16(2)32(27(33)29-24)20-10-11-21-22(13-20)35-14-34-21/h3-13,24H,14H2,1-2H3,(H,29,33). The molecule has 1 aromatic heterocycles. The number of hydrogen-bond donors (Lipinski definition) is 1. The zero-order chi connectivity index (χ0) is 24.8. The van der Waals surface area contributed by atoms with E-state index in [0.717, 1.165) is 11.1 Å². The SMILES string of the molecule is CC1=C(c2nc(-c3cccc(F)c3)no2)C(c2ccc(C)cc2)NC(=O)N1c1ccc2c(c1)OCO2. The van der Waals surface area contributed by atoms with E-state index in [1.807, 2.05) is 38.1 Å². The molecule has 3 aromatic carbocycles. The molecule has 36 heavy (non-hydrogen) atoms. The van der Waals surface area contributed by atoms with Crippen LogP contribution in [0, 0.1) is 12.7 Å². The summed E-state index contributed by atoms with van der Waals surface area (Å²) < 4.78 is 30.4. The molecule has 0 aliphatic carbocycles. The first-order chi connectivity index (χ1) is 17.5. The van der Waals surface area contributed by atoms with Gasteiger partial charge in [0.05, 0.1) is 17.3 Å². The summed E-state index contributed by atoms with van der Waals surface area (Å²) in [7, 11) is 0. The summed E-state index contributed by atoms with van der Waals surface area (Å²) in [5.74, 6) is 1.25. The largest absolute Gasteiger partial charge is 0.454 e. The van der Waals surface area contributed by atoms with Gasteiger partial charge in [-0.15, -0.1) is 0 Å². The van der Waals surface area contributed by atoms with E-state index in [2.05, 4.69) is 15.5 Å². The Kier molecular flexibility index (Phi) is 5.18. The van der Waals surface area contributed by atoms with Crippen molar-refractivity contribution in [3.63, 3.8) is 0 Å². The molecule has 0 bridgehead atoms. The number of nitrogens with zero attached hydrogens (tertiary/aromatic N) is 3. The molecule has 6 rings (SSSR count). The van der Waals surface area contributed by atoms with E-state index in [-0.39, 0.29) is 24.5 Å². The van der Waals surface area contributed by atoms with Crippen molar-refractivity contribution < 1.29 is 23.2 Å². The molecule has 1 atom stereocenters. The number of hydrogen-bond acceptors (Lipinski definition) is 6. The molecule has 2 aliphatic rings. The third kappa shape index (κ3) is 3.74. The topological polar surface area (TPSA) is 89.7 Å². The van der Waals surface area contributed by atoms with Crippen LogP contribution in [0.3, 0.4) is 0 Å². The summed E-state index contributed by atoms with van der Waals surface area (Å²) in [6.07, 6.45) is 0. The normalized spacial score (nSPS) is 16.9. The number of allylic oxidation sites excluding steroid dienone is 1. The summed E-state index contributed by atoms with van der Waals surface area (Å²) in [6.45, 7) is 3.95. The van der Waals surface area contributed by atoms with Gasteiger partial charge in [-0.2, -0.15) is 4.98 Å². The first-order valence-corrected chi connectivity index (χ1v) is 11.4. The van der Waals surface area contributed by atoms with Crippen LogP contribution in [0.15, 0.2) is 77.0 Å². The minimum absolute atomic E-state index is 0.130. The second-order valence-electron chi connectivity index (χ2n) is 8.60. The van der Waals surface area contributed by atoms with Crippen LogP contribution < -0.4 is 19.7 Å². The summed E-state index contributed by atoms with van der Waals surface area (Å²) in [5, 5.41) is 7.16. The summed E-state index contributed by atoms with van der Waals surface area (Å²) in [4.78, 5) is 19.5. The molecule has 1 unspecified atom stereocenters. The Hall–Kier alpha value is -4.66. The number of aromatic nitrogens is 2. The van der Waals surface area contributed by atoms with E-state index in [1.165, 1.54) is 17.0 Å². The predicted octanol–water partition coefficient (Wildman–Crippen LogP) is 5.61. The lowest BCUT2D eigenvalue weighted by Crippen LogP contribution is -2.46. The lowest BCUT2D eigenvalue weighted by Gasteiger charge is -2.35. The van der Waals surface area contributed by atoms with Crippen molar-refractivity contribution in [3.8, 4) is 22.9 Å². The molecule has 3 heterocycles. The molecule has 2 aliphatic heterocycles. The van der Waals surface area contributed by atoms with Crippen LogP contribution in [0.2, 0.25) is 0 Å². The zero-order valence-electron chi connectivity index (χ0n) is 19.5. The number of amides is 2. The van der Waals surface area contributed by atoms with E-state index in [1.54, 1.807) is 30.3 Å². The van der Waals surface area contributed by atoms with Crippen LogP contribution in [0.4, 0.5) is 14.9 Å². The zero-order valence-corrected chi connectivity index (χ0v) is 19.5. The molecule has 9 heteroatoms. The van der Waals surface area contributed by atoms with Crippen LogP contribution in [-0.4, -0.2) is 23.0 Å². The fraction of sp³-hybridized carbons (Fsp3) is 0.148. The maximum absolute atomic E-state index is 13.8. The van der Waals surface area contributed by atoms with Crippen molar-refractivity contribution in [2.45, 2.75) is 19.9 Å². The Morgan fingerprint density at radius 3 is 2.61 bits per heavy atom. The van der Waals surface area contributed by atoms with Crippen molar-refractivity contribution in [3.05, 3.63) is 95.3 Å². The van der Waals surface area contributed by atoms with Gasteiger partial charge in [-0.05, 0) is 43.7 Å². The highest BCUT2D eigenvalue weighted by atomic mass is 19.1. The Balaban J connectivity index is 1.49. The van der Waals surface area contributed by atoms with Gasteiger partial charge in [-0.25, -0.2) is 9.18 Å². The Labute approximate surface area is 206 Å². The third-order valence-electron chi connectivity index (χ3n) is 6.25. The average molecular weight is 484 g/mol. The monoisotopic (exact) mass is 484 g/mol. The maximum atomic E-state index is 13.8. The van der Waals surface area contributed by atoms with E-state index in [9.17, 15) is 9.18 Å². The second kappa shape index (κ2) is 8.53. The summed E-state index contributed by atoms with van der Waals surface area (Å²) >= 11 is 0. The van der Waals surface area contributed by atoms with Crippen LogP contribution in [0.5, 0.6) is 11.5 Å². The van der Waals surface area contributed by atoms with Gasteiger partial charge in [0.25, 0.3) is 5.89 Å². The fourth-order valence-corrected chi connectivity index (χ4v) is 4.44. The quantitative estimate of drug-likeness (QED) is 0.405. The number of aryl methyl sites for hydroxylation is 1. The molecule has 2 amide bonds. The van der Waals surface area contributed by atoms with E-state index >= 15 is 0 Å². The number of carbonyl (C=O) groups is 1. The first kappa shape index (κ1) is 21.8. The number of nitrogens with one attached hydrogen (secondary N) is 1. The smallest absolute Gasteiger partial charge is 0.327 e. The number of halogens is 1. The Morgan fingerprint density at radius 1 is 1.00 bits per heavy atom. The first-order valence-electron chi connectivity index (χ1n) is 11.4. The molecule has 1 N–H and O–H groups in total. The van der Waals surface area contributed by atoms with Gasteiger partial charge in [0.15, 0.2) is 11.5 Å². The number of urea groups is 1. The molecule has 8 nitrogen and oxygen atoms in total. The van der Waals surface area contributed by atoms with Gasteiger partial charge in [-0.1, -0.05) is 47.1 Å². The summed E-state index contributed by atoms with van der Waals surface area (Å²) in [6, 6.07) is 18.3. The van der Waals surface area contributed by atoms with Crippen LogP contribution in [-0.2, 0) is 0 Å². The van der Waals surface area contributed by atoms with Gasteiger partial charge < -0.3 is 19.3 Å². The average Bonchev–Trinajstić information content (AvgIpc) is 3.54. The summed E-state index contributed by atoms with van der Waals surface area (Å²) in [5.41, 5.74) is 4.28. The lowest BCUT2D eigenvalue weighted by molar-refractivity contribution is 0.174. The van der Waals surface area contributed by atoms with Crippen LogP contribution >= 0.6 is 0 Å². The minimum atomic E-state index is -0.538. The molecule has 0 saturated heterocycles. The van der Waals surface area contributed by atoms with E-state index in [0.29, 0.717) is 34.0 Å². The Bertz CT molecular complexity index is 1510. The van der Waals surface area contributed by atoms with Gasteiger partial charge in [-0.3, -0.25) is 4.90 Å². The number of carbonyl (C=O) groups excluding carboxylic acids is 1. The van der Waals surface area contributed by atoms with Crippen molar-refractivity contribution >= 4 is 17.3 Å². The highest BCUT2D eigenvalue weighted by Gasteiger charge is 2.37. The number of ether oxygens (including phenoxy) is 2. The van der Waals surface area contributed by atoms with Crippen LogP contribution in [0.1, 0.15) is 30.0 Å². The van der Waals surface area contributed by atoms with Crippen molar-refractivity contribution in [2.75, 3.05) is 11.7 Å². The second-order valence-corrected chi connectivity index (χ2v) is 8.60.